The van der Waals surface area contributed by atoms with Crippen molar-refractivity contribution in [2.24, 2.45) is 4.99 Å². The van der Waals surface area contributed by atoms with Crippen LogP contribution in [0.15, 0.2) is 4.99 Å². The van der Waals surface area contributed by atoms with Crippen LogP contribution in [0.1, 0.15) is 0 Å². The zero-order chi connectivity index (χ0) is 3.54. The fourth-order valence-electron chi connectivity index (χ4n) is 0.264. The van der Waals surface area contributed by atoms with Crippen molar-refractivity contribution in [3.63, 3.8) is 0 Å². The third-order valence-corrected chi connectivity index (χ3v) is 0.480. The van der Waals surface area contributed by atoms with E-state index in [0.29, 0.717) is 0 Å². The Morgan fingerprint density at radius 1 is 2.00 bits per heavy atom. The van der Waals surface area contributed by atoms with Gasteiger partial charge in [0.2, 0.25) is 0 Å². The number of rotatable bonds is 0. The summed E-state index contributed by atoms with van der Waals surface area (Å²) in [6.07, 6.45) is 2.67. The summed E-state index contributed by atoms with van der Waals surface area (Å²) in [6.45, 7) is 2.65. The molecule has 0 fully saturated rings. The van der Waals surface area contributed by atoms with Crippen LogP contribution in [0.2, 0.25) is 0 Å². The molecule has 0 amide bonds. The van der Waals surface area contributed by atoms with E-state index in [9.17, 15) is 0 Å². The van der Waals surface area contributed by atoms with Gasteiger partial charge in [-0.25, -0.2) is 0 Å². The van der Waals surface area contributed by atoms with Crippen molar-refractivity contribution < 1.29 is 0 Å². The predicted octanol–water partition coefficient (Wildman–Crippen LogP) is -0.588. The minimum atomic E-state index is 0.833. The van der Waals surface area contributed by atoms with Gasteiger partial charge < -0.3 is 0 Å². The summed E-state index contributed by atoms with van der Waals surface area (Å²) in [4.78, 5) is 3.72. The van der Waals surface area contributed by atoms with Crippen molar-refractivity contribution in [2.75, 3.05) is 6.54 Å². The van der Waals surface area contributed by atoms with E-state index in [1.54, 1.807) is 0 Å². The van der Waals surface area contributed by atoms with Gasteiger partial charge in [0.05, 0.1) is 0 Å². The SMILES string of the molecule is B1=CCN=[C]1. The molecular formula is C3H3BN. The second-order valence-electron chi connectivity index (χ2n) is 0.872. The van der Waals surface area contributed by atoms with Crippen LogP contribution in [0.5, 0.6) is 0 Å². The molecule has 5 heavy (non-hydrogen) atoms. The Kier molecular flexibility index (Phi) is 0.651. The molecule has 0 aliphatic carbocycles. The predicted molar refractivity (Wildman–Crippen MR) is 24.1 cm³/mol. The molecule has 1 radical (unpaired) electrons. The van der Waals surface area contributed by atoms with Gasteiger partial charge in [0.25, 0.3) is 0 Å². The normalized spacial score (nSPS) is 16.0. The number of aliphatic imine (C=N–C) groups is 1. The van der Waals surface area contributed by atoms with E-state index < -0.39 is 0 Å². The van der Waals surface area contributed by atoms with Gasteiger partial charge in [-0.3, -0.25) is 0 Å². The molecule has 1 rings (SSSR count). The van der Waals surface area contributed by atoms with Crippen molar-refractivity contribution in [3.05, 3.63) is 0 Å². The molecule has 1 aliphatic rings. The van der Waals surface area contributed by atoms with Crippen LogP contribution in [-0.4, -0.2) is 25.5 Å². The van der Waals surface area contributed by atoms with E-state index in [2.05, 4.69) is 11.1 Å². The average Bonchev–Trinajstić information content (AvgIpc) is 1.76. The molecule has 0 aromatic carbocycles. The van der Waals surface area contributed by atoms with Crippen molar-refractivity contribution in [1.29, 1.82) is 0 Å². The molecule has 1 aliphatic heterocycles. The zero-order valence-corrected chi connectivity index (χ0v) is 2.81. The van der Waals surface area contributed by atoms with E-state index in [-0.39, 0.29) is 0 Å². The summed E-state index contributed by atoms with van der Waals surface area (Å²) in [5, 5.41) is 0. The summed E-state index contributed by atoms with van der Waals surface area (Å²) in [6, 6.07) is 0. The topological polar surface area (TPSA) is 12.4 Å². The first-order valence-corrected chi connectivity index (χ1v) is 1.57. The molecule has 0 spiro atoms. The van der Waals surface area contributed by atoms with E-state index >= 15 is 0 Å². The van der Waals surface area contributed by atoms with E-state index in [1.807, 2.05) is 12.9 Å². The summed E-state index contributed by atoms with van der Waals surface area (Å²) in [5.41, 5.74) is 0. The van der Waals surface area contributed by atoms with Crippen LogP contribution in [-0.2, 0) is 0 Å². The van der Waals surface area contributed by atoms with Crippen LogP contribution in [0.25, 0.3) is 0 Å². The third kappa shape index (κ3) is 0.438. The maximum atomic E-state index is 3.72. The molecule has 2 heteroatoms. The quantitative estimate of drug-likeness (QED) is 0.334. The summed E-state index contributed by atoms with van der Waals surface area (Å²) >= 11 is 0. The second-order valence-corrected chi connectivity index (χ2v) is 0.872. The van der Waals surface area contributed by atoms with Crippen molar-refractivity contribution in [2.45, 2.75) is 0 Å². The van der Waals surface area contributed by atoms with Gasteiger partial charge in [-0.1, -0.05) is 0 Å². The molecule has 23 valence electrons. The first kappa shape index (κ1) is 2.82. The molecule has 0 bridgehead atoms. The van der Waals surface area contributed by atoms with Crippen molar-refractivity contribution >= 4 is 19.0 Å². The standard InChI is InChI=1S/C3H3BN/c1-2-5-3-4-1/h1H,2H2. The van der Waals surface area contributed by atoms with Crippen LogP contribution >= 0.6 is 0 Å². The molecule has 0 saturated carbocycles. The van der Waals surface area contributed by atoms with Gasteiger partial charge in [-0.2, -0.15) is 0 Å². The molecule has 1 nitrogen and oxygen atoms in total. The Morgan fingerprint density at radius 2 is 3.00 bits per heavy atom. The van der Waals surface area contributed by atoms with Gasteiger partial charge in [-0.05, 0) is 0 Å². The molecule has 0 unspecified atom stereocenters. The van der Waals surface area contributed by atoms with Gasteiger partial charge in [0, 0.05) is 0 Å². The van der Waals surface area contributed by atoms with Crippen molar-refractivity contribution in [1.82, 2.24) is 0 Å². The Balaban J connectivity index is 2.61. The molecule has 0 saturated heterocycles. The first-order valence-electron chi connectivity index (χ1n) is 1.57. The fraction of sp³-hybridized carbons (Fsp3) is 0.333. The maximum absolute atomic E-state index is 3.72. The number of nitrogens with zero attached hydrogens (tertiary/aromatic N) is 1. The Morgan fingerprint density at radius 3 is 3.20 bits per heavy atom. The van der Waals surface area contributed by atoms with E-state index in [0.717, 1.165) is 6.54 Å². The molecule has 0 atom stereocenters. The van der Waals surface area contributed by atoms with Gasteiger partial charge in [0.1, 0.15) is 0 Å². The monoisotopic (exact) mass is 64.0 g/mol. The van der Waals surface area contributed by atoms with Crippen LogP contribution < -0.4 is 0 Å². The van der Waals surface area contributed by atoms with E-state index in [1.165, 1.54) is 0 Å². The Bertz CT molecular complexity index is 65.0. The van der Waals surface area contributed by atoms with Gasteiger partial charge >= 0.3 is 30.5 Å². The Hall–Kier alpha value is -0.395. The second kappa shape index (κ2) is 1.15. The molecule has 0 aromatic heterocycles. The zero-order valence-electron chi connectivity index (χ0n) is 2.81. The van der Waals surface area contributed by atoms with Crippen molar-refractivity contribution in [3.8, 4) is 0 Å². The molecular weight excluding hydrogens is 60.9 g/mol. The number of hydrogen-bond acceptors (Lipinski definition) is 1. The van der Waals surface area contributed by atoms with Crippen LogP contribution in [0.3, 0.4) is 0 Å². The number of hydrogen-bond donors (Lipinski definition) is 0. The molecule has 1 heterocycles. The van der Waals surface area contributed by atoms with E-state index in [4.69, 9.17) is 0 Å². The van der Waals surface area contributed by atoms with Crippen LogP contribution in [0.4, 0.5) is 0 Å². The minimum absolute atomic E-state index is 0.833. The van der Waals surface area contributed by atoms with Gasteiger partial charge in [0.15, 0.2) is 0 Å². The summed E-state index contributed by atoms with van der Waals surface area (Å²) < 4.78 is 0. The summed E-state index contributed by atoms with van der Waals surface area (Å²) in [5.74, 6) is 1.96. The molecule has 0 N–H and O–H groups in total. The summed E-state index contributed by atoms with van der Waals surface area (Å²) in [7, 11) is 0. The fourth-order valence-corrected chi connectivity index (χ4v) is 0.264. The average molecular weight is 63.9 g/mol. The Labute approximate surface area is 31.6 Å². The first-order chi connectivity index (χ1) is 2.50. The van der Waals surface area contributed by atoms with Crippen LogP contribution in [0, 0.1) is 0 Å². The third-order valence-electron chi connectivity index (χ3n) is 0.480. The molecule has 0 aromatic rings. The van der Waals surface area contributed by atoms with Gasteiger partial charge in [-0.15, -0.1) is 0 Å².